The van der Waals surface area contributed by atoms with Gasteiger partial charge in [-0.1, -0.05) is 18.2 Å². The molecule has 144 valence electrons. The van der Waals surface area contributed by atoms with Crippen LogP contribution >= 0.6 is 0 Å². The lowest BCUT2D eigenvalue weighted by Gasteiger charge is -2.18. The van der Waals surface area contributed by atoms with Crippen LogP contribution in [0, 0.1) is 0 Å². The molecule has 1 amide bonds. The number of carbonyl (C=O) groups is 1. The molecule has 0 unspecified atom stereocenters. The van der Waals surface area contributed by atoms with E-state index in [4.69, 9.17) is 14.2 Å². The average molecular weight is 369 g/mol. The van der Waals surface area contributed by atoms with Crippen LogP contribution in [0.1, 0.15) is 30.9 Å². The minimum atomic E-state index is -0.163. The highest BCUT2D eigenvalue weighted by Crippen LogP contribution is 2.26. The summed E-state index contributed by atoms with van der Waals surface area (Å²) in [7, 11) is 1.60. The molecule has 0 aliphatic heterocycles. The zero-order chi connectivity index (χ0) is 19.1. The maximum atomic E-state index is 12.1. The number of nitrogens with one attached hydrogen (secondary N) is 1. The molecule has 3 rings (SSSR count). The maximum Gasteiger partial charge on any atom is 0.258 e. The summed E-state index contributed by atoms with van der Waals surface area (Å²) in [5, 5.41) is 2.89. The number of methoxy groups -OCH3 is 1. The maximum absolute atomic E-state index is 12.1. The van der Waals surface area contributed by atoms with Gasteiger partial charge in [0.2, 0.25) is 0 Å². The molecular formula is C22H27NO4. The van der Waals surface area contributed by atoms with Crippen LogP contribution in [-0.2, 0) is 17.6 Å². The van der Waals surface area contributed by atoms with Crippen molar-refractivity contribution in [3.05, 3.63) is 53.6 Å². The van der Waals surface area contributed by atoms with Gasteiger partial charge in [0, 0.05) is 0 Å². The van der Waals surface area contributed by atoms with Gasteiger partial charge in [-0.3, -0.25) is 4.79 Å². The Hall–Kier alpha value is -2.69. The summed E-state index contributed by atoms with van der Waals surface area (Å²) in [6, 6.07) is 13.4. The number of para-hydroxylation sites is 2. The van der Waals surface area contributed by atoms with Crippen LogP contribution in [0.15, 0.2) is 42.5 Å². The van der Waals surface area contributed by atoms with Crippen molar-refractivity contribution in [3.8, 4) is 17.2 Å². The minimum absolute atomic E-state index is 0.00220. The smallest absolute Gasteiger partial charge is 0.258 e. The van der Waals surface area contributed by atoms with E-state index in [-0.39, 0.29) is 18.6 Å². The topological polar surface area (TPSA) is 56.8 Å². The number of carbonyl (C=O) groups excluding carboxylic acids is 1. The molecule has 2 aromatic rings. The van der Waals surface area contributed by atoms with Gasteiger partial charge >= 0.3 is 0 Å². The third-order valence-corrected chi connectivity index (χ3v) is 4.66. The lowest BCUT2D eigenvalue weighted by atomic mass is 9.92. The fourth-order valence-corrected chi connectivity index (χ4v) is 3.26. The van der Waals surface area contributed by atoms with E-state index < -0.39 is 0 Å². The Morgan fingerprint density at radius 3 is 2.56 bits per heavy atom. The molecule has 5 heteroatoms. The summed E-state index contributed by atoms with van der Waals surface area (Å²) in [5.74, 6) is 1.92. The summed E-state index contributed by atoms with van der Waals surface area (Å²) < 4.78 is 16.6. The Balaban J connectivity index is 1.43. The quantitative estimate of drug-likeness (QED) is 0.773. The van der Waals surface area contributed by atoms with E-state index in [2.05, 4.69) is 17.4 Å². The molecule has 0 aromatic heterocycles. The fourth-order valence-electron chi connectivity index (χ4n) is 3.26. The fraction of sp³-hybridized carbons (Fsp3) is 0.409. The van der Waals surface area contributed by atoms with E-state index in [0.29, 0.717) is 18.1 Å². The predicted octanol–water partition coefficient (Wildman–Crippen LogP) is 3.54. The Morgan fingerprint density at radius 1 is 1.04 bits per heavy atom. The minimum Gasteiger partial charge on any atom is -0.493 e. The number of aryl methyl sites for hydroxylation is 2. The van der Waals surface area contributed by atoms with Gasteiger partial charge in [0.05, 0.1) is 13.2 Å². The van der Waals surface area contributed by atoms with Gasteiger partial charge in [-0.15, -0.1) is 0 Å². The Kier molecular flexibility index (Phi) is 6.58. The second-order valence-corrected chi connectivity index (χ2v) is 6.86. The SMILES string of the molecule is COc1ccccc1OC[C@@H](C)NC(=O)COc1ccc2c(c1)CCCC2. The molecule has 0 heterocycles. The van der Waals surface area contributed by atoms with E-state index >= 15 is 0 Å². The molecule has 1 aliphatic rings. The molecule has 0 saturated carbocycles. The molecule has 0 saturated heterocycles. The normalized spacial score (nSPS) is 14.0. The van der Waals surface area contributed by atoms with Crippen LogP contribution in [0.5, 0.6) is 17.2 Å². The van der Waals surface area contributed by atoms with Crippen molar-refractivity contribution in [1.29, 1.82) is 0 Å². The Bertz CT molecular complexity index is 775. The second-order valence-electron chi connectivity index (χ2n) is 6.86. The third-order valence-electron chi connectivity index (χ3n) is 4.66. The molecule has 1 aliphatic carbocycles. The highest BCUT2D eigenvalue weighted by Gasteiger charge is 2.13. The standard InChI is InChI=1S/C22H27NO4/c1-16(14-27-21-10-6-5-9-20(21)25-2)23-22(24)15-26-19-12-11-17-7-3-4-8-18(17)13-19/h5-6,9-13,16H,3-4,7-8,14-15H2,1-2H3,(H,23,24)/t16-/m1/s1. The first kappa shape index (κ1) is 19.1. The third kappa shape index (κ3) is 5.39. The van der Waals surface area contributed by atoms with Crippen LogP contribution in [0.3, 0.4) is 0 Å². The van der Waals surface area contributed by atoms with E-state index in [0.717, 1.165) is 18.6 Å². The highest BCUT2D eigenvalue weighted by atomic mass is 16.5. The number of ether oxygens (including phenoxy) is 3. The zero-order valence-corrected chi connectivity index (χ0v) is 16.0. The van der Waals surface area contributed by atoms with Crippen molar-refractivity contribution in [3.63, 3.8) is 0 Å². The second kappa shape index (κ2) is 9.31. The van der Waals surface area contributed by atoms with Crippen LogP contribution < -0.4 is 19.5 Å². The van der Waals surface area contributed by atoms with Crippen LogP contribution in [0.2, 0.25) is 0 Å². The first-order valence-corrected chi connectivity index (χ1v) is 9.45. The first-order chi connectivity index (χ1) is 13.2. The summed E-state index contributed by atoms with van der Waals surface area (Å²) >= 11 is 0. The summed E-state index contributed by atoms with van der Waals surface area (Å²) in [5.41, 5.74) is 2.75. The van der Waals surface area contributed by atoms with Crippen LogP contribution in [0.25, 0.3) is 0 Å². The highest BCUT2D eigenvalue weighted by molar-refractivity contribution is 5.77. The molecule has 27 heavy (non-hydrogen) atoms. The molecule has 1 N–H and O–H groups in total. The van der Waals surface area contributed by atoms with Gasteiger partial charge in [-0.05, 0) is 68.0 Å². The van der Waals surface area contributed by atoms with E-state index in [1.807, 2.05) is 37.3 Å². The molecule has 1 atom stereocenters. The number of hydrogen-bond donors (Lipinski definition) is 1. The number of hydrogen-bond acceptors (Lipinski definition) is 4. The molecule has 0 spiro atoms. The molecule has 2 aromatic carbocycles. The Morgan fingerprint density at radius 2 is 1.78 bits per heavy atom. The van der Waals surface area contributed by atoms with Gasteiger partial charge in [0.15, 0.2) is 18.1 Å². The van der Waals surface area contributed by atoms with Gasteiger partial charge in [-0.25, -0.2) is 0 Å². The zero-order valence-electron chi connectivity index (χ0n) is 16.0. The van der Waals surface area contributed by atoms with Gasteiger partial charge < -0.3 is 19.5 Å². The monoisotopic (exact) mass is 369 g/mol. The number of benzene rings is 2. The van der Waals surface area contributed by atoms with Crippen molar-refractivity contribution in [2.75, 3.05) is 20.3 Å². The van der Waals surface area contributed by atoms with Gasteiger partial charge in [0.1, 0.15) is 12.4 Å². The molecule has 5 nitrogen and oxygen atoms in total. The van der Waals surface area contributed by atoms with E-state index in [1.165, 1.54) is 24.0 Å². The lowest BCUT2D eigenvalue weighted by Crippen LogP contribution is -2.39. The average Bonchev–Trinajstić information content (AvgIpc) is 2.70. The van der Waals surface area contributed by atoms with E-state index in [9.17, 15) is 4.79 Å². The molecule has 0 radical (unpaired) electrons. The van der Waals surface area contributed by atoms with Crippen molar-refractivity contribution in [2.45, 2.75) is 38.6 Å². The van der Waals surface area contributed by atoms with E-state index in [1.54, 1.807) is 7.11 Å². The largest absolute Gasteiger partial charge is 0.493 e. The van der Waals surface area contributed by atoms with Crippen LogP contribution in [0.4, 0.5) is 0 Å². The van der Waals surface area contributed by atoms with Crippen molar-refractivity contribution >= 4 is 5.91 Å². The summed E-state index contributed by atoms with van der Waals surface area (Å²) in [6.45, 7) is 2.24. The first-order valence-electron chi connectivity index (χ1n) is 9.45. The number of amides is 1. The van der Waals surface area contributed by atoms with Crippen molar-refractivity contribution in [1.82, 2.24) is 5.32 Å². The van der Waals surface area contributed by atoms with Gasteiger partial charge in [-0.2, -0.15) is 0 Å². The Labute approximate surface area is 160 Å². The summed E-state index contributed by atoms with van der Waals surface area (Å²) in [6.07, 6.45) is 4.71. The van der Waals surface area contributed by atoms with Crippen molar-refractivity contribution < 1.29 is 19.0 Å². The summed E-state index contributed by atoms with van der Waals surface area (Å²) in [4.78, 5) is 12.1. The predicted molar refractivity (Wildman–Crippen MR) is 105 cm³/mol. The number of rotatable bonds is 8. The molecule has 0 bridgehead atoms. The lowest BCUT2D eigenvalue weighted by molar-refractivity contribution is -0.123. The number of fused-ring (bicyclic) bond motifs is 1. The van der Waals surface area contributed by atoms with Crippen LogP contribution in [-0.4, -0.2) is 32.3 Å². The van der Waals surface area contributed by atoms with Crippen molar-refractivity contribution in [2.24, 2.45) is 0 Å². The molecule has 0 fully saturated rings. The van der Waals surface area contributed by atoms with Gasteiger partial charge in [0.25, 0.3) is 5.91 Å². The molecular weight excluding hydrogens is 342 g/mol.